The van der Waals surface area contributed by atoms with Crippen LogP contribution in [0.15, 0.2) is 72.9 Å². The molecule has 3 N–H and O–H groups in total. The first-order valence-corrected chi connectivity index (χ1v) is 11.2. The van der Waals surface area contributed by atoms with E-state index in [4.69, 9.17) is 10.00 Å². The molecule has 2 atom stereocenters. The van der Waals surface area contributed by atoms with E-state index in [9.17, 15) is 19.2 Å². The van der Waals surface area contributed by atoms with E-state index in [-0.39, 0.29) is 31.1 Å². The minimum Gasteiger partial charge on any atom is -0.490 e. The molecule has 0 bridgehead atoms. The van der Waals surface area contributed by atoms with Gasteiger partial charge in [-0.3, -0.25) is 9.78 Å². The molecule has 0 aliphatic carbocycles. The zero-order valence-corrected chi connectivity index (χ0v) is 19.8. The van der Waals surface area contributed by atoms with Gasteiger partial charge in [-0.05, 0) is 55.7 Å². The van der Waals surface area contributed by atoms with Crippen molar-refractivity contribution in [1.29, 1.82) is 5.26 Å². The summed E-state index contributed by atoms with van der Waals surface area (Å²) in [5, 5.41) is 30.0. The number of benzene rings is 2. The summed E-state index contributed by atoms with van der Waals surface area (Å²) in [6.45, 7) is 3.64. The number of aromatic nitrogens is 1. The van der Waals surface area contributed by atoms with E-state index >= 15 is 0 Å². The number of rotatable bonds is 9. The predicted molar refractivity (Wildman–Crippen MR) is 132 cm³/mol. The van der Waals surface area contributed by atoms with Gasteiger partial charge in [-0.25, -0.2) is 4.39 Å². The summed E-state index contributed by atoms with van der Waals surface area (Å²) in [4.78, 5) is 16.0. The fourth-order valence-corrected chi connectivity index (χ4v) is 3.05. The molecule has 0 saturated carbocycles. The van der Waals surface area contributed by atoms with Gasteiger partial charge in [0.25, 0.3) is 0 Å². The molecule has 3 aromatic rings. The lowest BCUT2D eigenvalue weighted by atomic mass is 9.76. The van der Waals surface area contributed by atoms with Crippen LogP contribution in [0.1, 0.15) is 36.1 Å². The van der Waals surface area contributed by atoms with Crippen molar-refractivity contribution >= 4 is 13.0 Å². The largest absolute Gasteiger partial charge is 0.490 e. The van der Waals surface area contributed by atoms with Crippen LogP contribution in [0.4, 0.5) is 4.39 Å². The van der Waals surface area contributed by atoms with Gasteiger partial charge >= 0.3 is 7.12 Å². The molecule has 0 fully saturated rings. The van der Waals surface area contributed by atoms with Crippen molar-refractivity contribution in [3.05, 3.63) is 95.6 Å². The SMILES string of the molecule is CC(C#N)c1ccccn1.Cc1ccc(F)c(OCCC(=O)NC(Cc2ccccc2)B(O)O)c1. The Morgan fingerprint density at radius 1 is 1.17 bits per heavy atom. The van der Waals surface area contributed by atoms with Gasteiger partial charge in [0.2, 0.25) is 5.91 Å². The van der Waals surface area contributed by atoms with E-state index < -0.39 is 24.8 Å². The second-order valence-electron chi connectivity index (χ2n) is 7.92. The molecule has 2 aromatic carbocycles. The minimum atomic E-state index is -1.68. The first-order chi connectivity index (χ1) is 16.8. The monoisotopic (exact) mass is 477 g/mol. The summed E-state index contributed by atoms with van der Waals surface area (Å²) in [6.07, 6.45) is 1.96. The molecule has 0 spiro atoms. The number of hydrogen-bond acceptors (Lipinski definition) is 6. The van der Waals surface area contributed by atoms with Crippen molar-refractivity contribution < 1.29 is 24.0 Å². The summed E-state index contributed by atoms with van der Waals surface area (Å²) in [5.74, 6) is -1.72. The van der Waals surface area contributed by atoms with Crippen LogP contribution in [0.3, 0.4) is 0 Å². The highest BCUT2D eigenvalue weighted by Gasteiger charge is 2.25. The number of carbonyl (C=O) groups is 1. The number of ether oxygens (including phenoxy) is 1. The summed E-state index contributed by atoms with van der Waals surface area (Å²) in [7, 11) is -1.68. The van der Waals surface area contributed by atoms with Gasteiger partial charge in [0.05, 0.1) is 36.6 Å². The molecule has 0 aliphatic rings. The highest BCUT2D eigenvalue weighted by molar-refractivity contribution is 6.43. The number of nitriles is 1. The maximum absolute atomic E-state index is 13.6. The fraction of sp³-hybridized carbons (Fsp3) is 0.269. The molecule has 7 nitrogen and oxygen atoms in total. The predicted octanol–water partition coefficient (Wildman–Crippen LogP) is 3.35. The molecule has 35 heavy (non-hydrogen) atoms. The molecular formula is C26H29BFN3O4. The van der Waals surface area contributed by atoms with Crippen LogP contribution in [0.25, 0.3) is 0 Å². The molecular weight excluding hydrogens is 448 g/mol. The zero-order chi connectivity index (χ0) is 25.6. The molecule has 1 heterocycles. The summed E-state index contributed by atoms with van der Waals surface area (Å²) in [5.41, 5.74) is 2.57. The Bertz CT molecular complexity index is 1090. The van der Waals surface area contributed by atoms with Crippen LogP contribution >= 0.6 is 0 Å². The molecule has 0 aliphatic heterocycles. The van der Waals surface area contributed by atoms with E-state index in [0.717, 1.165) is 16.8 Å². The molecule has 0 saturated heterocycles. The number of aryl methyl sites for hydroxylation is 1. The number of amides is 1. The Morgan fingerprint density at radius 2 is 1.89 bits per heavy atom. The van der Waals surface area contributed by atoms with Gasteiger partial charge in [0.1, 0.15) is 0 Å². The average Bonchev–Trinajstić information content (AvgIpc) is 2.86. The van der Waals surface area contributed by atoms with Crippen molar-refractivity contribution in [2.45, 2.75) is 38.5 Å². The molecule has 1 aromatic heterocycles. The zero-order valence-electron chi connectivity index (χ0n) is 19.8. The second-order valence-corrected chi connectivity index (χ2v) is 7.92. The first-order valence-electron chi connectivity index (χ1n) is 11.2. The van der Waals surface area contributed by atoms with Crippen molar-refractivity contribution in [3.63, 3.8) is 0 Å². The maximum Gasteiger partial charge on any atom is 0.475 e. The van der Waals surface area contributed by atoms with E-state index in [2.05, 4.69) is 16.4 Å². The van der Waals surface area contributed by atoms with Crippen LogP contribution in [-0.4, -0.2) is 40.6 Å². The number of hydrogen-bond donors (Lipinski definition) is 3. The minimum absolute atomic E-state index is 0.00815. The van der Waals surface area contributed by atoms with Gasteiger partial charge in [-0.1, -0.05) is 42.5 Å². The van der Waals surface area contributed by atoms with Gasteiger partial charge in [-0.15, -0.1) is 0 Å². The van der Waals surface area contributed by atoms with Crippen molar-refractivity contribution in [1.82, 2.24) is 10.3 Å². The third-order valence-electron chi connectivity index (χ3n) is 5.00. The standard InChI is InChI=1S/C18H21BFNO4.C8H8N2/c1-13-7-8-15(20)16(11-13)25-10-9-18(22)21-17(19(23)24)12-14-5-3-2-4-6-14;1-7(6-9)8-4-2-3-5-10-8/h2-8,11,17,23-24H,9-10,12H2,1H3,(H,21,22);2-5,7H,1H3. The second kappa shape index (κ2) is 14.5. The number of carbonyl (C=O) groups excluding carboxylic acids is 1. The van der Waals surface area contributed by atoms with Crippen molar-refractivity contribution in [2.24, 2.45) is 0 Å². The number of pyridine rings is 1. The van der Waals surface area contributed by atoms with Crippen molar-refractivity contribution in [3.8, 4) is 11.8 Å². The fourth-order valence-electron chi connectivity index (χ4n) is 3.05. The summed E-state index contributed by atoms with van der Waals surface area (Å²) >= 11 is 0. The van der Waals surface area contributed by atoms with Crippen LogP contribution in [0, 0.1) is 24.1 Å². The van der Waals surface area contributed by atoms with E-state index in [0.29, 0.717) is 0 Å². The van der Waals surface area contributed by atoms with Gasteiger partial charge in [-0.2, -0.15) is 5.26 Å². The maximum atomic E-state index is 13.6. The lowest BCUT2D eigenvalue weighted by Crippen LogP contribution is -2.48. The lowest BCUT2D eigenvalue weighted by Gasteiger charge is -2.18. The summed E-state index contributed by atoms with van der Waals surface area (Å²) < 4.78 is 18.8. The third-order valence-corrected chi connectivity index (χ3v) is 5.00. The quantitative estimate of drug-likeness (QED) is 0.407. The molecule has 9 heteroatoms. The highest BCUT2D eigenvalue weighted by Crippen LogP contribution is 2.18. The van der Waals surface area contributed by atoms with E-state index in [1.54, 1.807) is 18.3 Å². The van der Waals surface area contributed by atoms with Crippen molar-refractivity contribution in [2.75, 3.05) is 6.61 Å². The number of nitrogens with zero attached hydrogens (tertiary/aromatic N) is 2. The van der Waals surface area contributed by atoms with Crippen LogP contribution in [-0.2, 0) is 11.2 Å². The van der Waals surface area contributed by atoms with Gasteiger partial charge in [0, 0.05) is 6.20 Å². The van der Waals surface area contributed by atoms with Gasteiger partial charge < -0.3 is 20.1 Å². The highest BCUT2D eigenvalue weighted by atomic mass is 19.1. The van der Waals surface area contributed by atoms with Gasteiger partial charge in [0.15, 0.2) is 11.6 Å². The van der Waals surface area contributed by atoms with Crippen LogP contribution in [0.2, 0.25) is 0 Å². The molecule has 182 valence electrons. The average molecular weight is 477 g/mol. The first kappa shape index (κ1) is 27.5. The Balaban J connectivity index is 0.000000360. The molecule has 1 amide bonds. The topological polar surface area (TPSA) is 115 Å². The molecule has 3 rings (SSSR count). The number of nitrogens with one attached hydrogen (secondary N) is 1. The lowest BCUT2D eigenvalue weighted by molar-refractivity contribution is -0.122. The Kier molecular flexibility index (Phi) is 11.4. The normalized spacial score (nSPS) is 11.8. The van der Waals surface area contributed by atoms with Crippen LogP contribution in [0.5, 0.6) is 5.75 Å². The van der Waals surface area contributed by atoms with E-state index in [1.807, 2.05) is 62.4 Å². The Hall–Kier alpha value is -3.74. The number of halogens is 1. The molecule has 2 unspecified atom stereocenters. The van der Waals surface area contributed by atoms with Crippen LogP contribution < -0.4 is 10.1 Å². The van der Waals surface area contributed by atoms with E-state index in [1.165, 1.54) is 6.07 Å². The smallest absolute Gasteiger partial charge is 0.475 e. The third kappa shape index (κ3) is 9.96. The Labute approximate surface area is 205 Å². The Morgan fingerprint density at radius 3 is 2.51 bits per heavy atom. The molecule has 0 radical (unpaired) electrons. The summed E-state index contributed by atoms with van der Waals surface area (Å²) in [6, 6.07) is 21.4.